The molecule has 2 rings (SSSR count). The first kappa shape index (κ1) is 8.42. The molecule has 69 valence electrons. The van der Waals surface area contributed by atoms with Crippen molar-refractivity contribution in [2.24, 2.45) is 5.92 Å². The van der Waals surface area contributed by atoms with E-state index in [1.54, 1.807) is 0 Å². The van der Waals surface area contributed by atoms with E-state index in [4.69, 9.17) is 0 Å². The Morgan fingerprint density at radius 2 is 2.15 bits per heavy atom. The van der Waals surface area contributed by atoms with Crippen LogP contribution in [0.3, 0.4) is 0 Å². The topological polar surface area (TPSA) is 26.1 Å². The summed E-state index contributed by atoms with van der Waals surface area (Å²) in [4.78, 5) is 0. The zero-order chi connectivity index (χ0) is 9.10. The summed E-state index contributed by atoms with van der Waals surface area (Å²) < 4.78 is 0. The Labute approximate surface area is 79.4 Å². The molecule has 1 aliphatic carbocycles. The van der Waals surface area contributed by atoms with Crippen LogP contribution in [0, 0.1) is 5.92 Å². The van der Waals surface area contributed by atoms with Gasteiger partial charge in [-0.15, -0.1) is 0 Å². The molecule has 1 saturated carbocycles. The van der Waals surface area contributed by atoms with Crippen LogP contribution in [0.2, 0.25) is 0 Å². The summed E-state index contributed by atoms with van der Waals surface area (Å²) in [6, 6.07) is 8.19. The third-order valence-corrected chi connectivity index (χ3v) is 2.39. The first-order valence-corrected chi connectivity index (χ1v) is 4.84. The number of nitrogens with one attached hydrogen (secondary N) is 1. The third-order valence-electron chi connectivity index (χ3n) is 2.39. The highest BCUT2D eigenvalue weighted by Gasteiger charge is 2.21. The fourth-order valence-corrected chi connectivity index (χ4v) is 1.35. The van der Waals surface area contributed by atoms with Gasteiger partial charge in [0.2, 0.25) is 0 Å². The lowest BCUT2D eigenvalue weighted by atomic mass is 10.2. The maximum atomic E-state index is 4.58. The molecule has 0 amide bonds. The summed E-state index contributed by atoms with van der Waals surface area (Å²) in [6.07, 6.45) is 2.73. The van der Waals surface area contributed by atoms with E-state index in [1.165, 1.54) is 12.8 Å². The Morgan fingerprint density at radius 1 is 1.38 bits per heavy atom. The van der Waals surface area contributed by atoms with Crippen LogP contribution >= 0.6 is 0 Å². The lowest BCUT2D eigenvalue weighted by Crippen LogP contribution is -2.04. The van der Waals surface area contributed by atoms with Gasteiger partial charge in [0.1, 0.15) is 0 Å². The number of benzene rings is 1. The Morgan fingerprint density at radius 3 is 2.85 bits per heavy atom. The highest BCUT2D eigenvalue weighted by molar-refractivity contribution is 5.64. The number of nitrogens with zero attached hydrogens (tertiary/aromatic N) is 1. The average Bonchev–Trinajstić information content (AvgIpc) is 2.99. The van der Waals surface area contributed by atoms with Crippen molar-refractivity contribution in [1.82, 2.24) is 5.32 Å². The molecule has 1 aliphatic rings. The normalized spacial score (nSPS) is 15.5. The van der Waals surface area contributed by atoms with E-state index in [1.807, 2.05) is 19.2 Å². The van der Waals surface area contributed by atoms with Gasteiger partial charge in [0.25, 0.3) is 0 Å². The predicted octanol–water partition coefficient (Wildman–Crippen LogP) is 2.37. The molecule has 1 aromatic carbocycles. The molecule has 0 aliphatic heterocycles. The molecule has 1 fully saturated rings. The Kier molecular flexibility index (Phi) is 2.39. The van der Waals surface area contributed by atoms with Crippen molar-refractivity contribution < 1.29 is 0 Å². The van der Waals surface area contributed by atoms with Crippen molar-refractivity contribution in [3.05, 3.63) is 24.3 Å². The first-order chi connectivity index (χ1) is 6.40. The van der Waals surface area contributed by atoms with E-state index in [0.29, 0.717) is 0 Å². The number of rotatable bonds is 4. The molecule has 0 spiro atoms. The summed E-state index contributed by atoms with van der Waals surface area (Å²) in [5, 5.41) is 7.72. The van der Waals surface area contributed by atoms with Gasteiger partial charge in [0.15, 0.2) is 0 Å². The number of anilines is 1. The fraction of sp³-hybridized carbons (Fsp3) is 0.455. The summed E-state index contributed by atoms with van der Waals surface area (Å²) in [7, 11) is 1.94. The summed E-state index contributed by atoms with van der Waals surface area (Å²) >= 11 is 0. The Bertz CT molecular complexity index is 279. The maximum Gasteiger partial charge on any atom is 0.0805 e. The molecule has 2 nitrogen and oxygen atoms in total. The van der Waals surface area contributed by atoms with Crippen molar-refractivity contribution in [2.45, 2.75) is 12.8 Å². The molecule has 0 unspecified atom stereocenters. The van der Waals surface area contributed by atoms with Crippen LogP contribution < -0.4 is 10.6 Å². The standard InChI is InChI=1S/C11H15N2/c1-12-10-4-2-3-5-11(10)13-8-9-6-7-9/h2-5,9,12H,6-8H2,1H3. The number of hydrogen-bond acceptors (Lipinski definition) is 1. The van der Waals surface area contributed by atoms with Crippen LogP contribution in [-0.2, 0) is 0 Å². The van der Waals surface area contributed by atoms with Crippen LogP contribution in [0.1, 0.15) is 12.8 Å². The largest absolute Gasteiger partial charge is 0.386 e. The summed E-state index contributed by atoms with van der Waals surface area (Å²) in [5.74, 6) is 0.866. The smallest absolute Gasteiger partial charge is 0.0805 e. The molecule has 1 aromatic rings. The first-order valence-electron chi connectivity index (χ1n) is 4.84. The van der Waals surface area contributed by atoms with E-state index in [2.05, 4.69) is 22.8 Å². The molecule has 0 bridgehead atoms. The SMILES string of the molecule is CNc1ccccc1[N]CC1CC1. The lowest BCUT2D eigenvalue weighted by Gasteiger charge is -2.07. The Balaban J connectivity index is 1.99. The minimum atomic E-state index is 0.866. The molecule has 0 heterocycles. The molecule has 0 saturated heterocycles. The monoisotopic (exact) mass is 175 g/mol. The van der Waals surface area contributed by atoms with Gasteiger partial charge in [-0.3, -0.25) is 5.32 Å². The second-order valence-corrected chi connectivity index (χ2v) is 3.55. The molecule has 0 atom stereocenters. The maximum absolute atomic E-state index is 4.58. The van der Waals surface area contributed by atoms with Gasteiger partial charge in [-0.05, 0) is 30.9 Å². The van der Waals surface area contributed by atoms with Crippen molar-refractivity contribution in [1.29, 1.82) is 0 Å². The lowest BCUT2D eigenvalue weighted by molar-refractivity contribution is 0.744. The van der Waals surface area contributed by atoms with E-state index >= 15 is 0 Å². The minimum Gasteiger partial charge on any atom is -0.386 e. The Hall–Kier alpha value is -1.18. The molecule has 13 heavy (non-hydrogen) atoms. The third kappa shape index (κ3) is 2.14. The van der Waals surface area contributed by atoms with Gasteiger partial charge in [0, 0.05) is 13.6 Å². The average molecular weight is 175 g/mol. The van der Waals surface area contributed by atoms with Crippen molar-refractivity contribution in [2.75, 3.05) is 18.9 Å². The molecule has 0 aromatic heterocycles. The van der Waals surface area contributed by atoms with Gasteiger partial charge < -0.3 is 5.32 Å². The van der Waals surface area contributed by atoms with Gasteiger partial charge >= 0.3 is 0 Å². The van der Waals surface area contributed by atoms with E-state index in [0.717, 1.165) is 23.8 Å². The van der Waals surface area contributed by atoms with E-state index in [-0.39, 0.29) is 0 Å². The van der Waals surface area contributed by atoms with Gasteiger partial charge in [0.05, 0.1) is 11.4 Å². The van der Waals surface area contributed by atoms with Crippen molar-refractivity contribution >= 4 is 11.4 Å². The number of hydrogen-bond donors (Lipinski definition) is 1. The zero-order valence-corrected chi connectivity index (χ0v) is 7.96. The second kappa shape index (κ2) is 3.69. The molecule has 1 N–H and O–H groups in total. The summed E-state index contributed by atoms with van der Waals surface area (Å²) in [6.45, 7) is 0.999. The molecule has 2 heteroatoms. The van der Waals surface area contributed by atoms with Crippen LogP contribution in [0.15, 0.2) is 24.3 Å². The highest BCUT2D eigenvalue weighted by atomic mass is 14.9. The van der Waals surface area contributed by atoms with Gasteiger partial charge in [-0.1, -0.05) is 12.1 Å². The molecule has 1 radical (unpaired) electrons. The quantitative estimate of drug-likeness (QED) is 0.747. The molecular formula is C11H15N2. The second-order valence-electron chi connectivity index (χ2n) is 3.55. The van der Waals surface area contributed by atoms with Crippen LogP contribution in [-0.4, -0.2) is 13.6 Å². The van der Waals surface area contributed by atoms with Gasteiger partial charge in [-0.2, -0.15) is 0 Å². The zero-order valence-electron chi connectivity index (χ0n) is 7.96. The van der Waals surface area contributed by atoms with Crippen LogP contribution in [0.25, 0.3) is 0 Å². The van der Waals surface area contributed by atoms with Crippen molar-refractivity contribution in [3.63, 3.8) is 0 Å². The van der Waals surface area contributed by atoms with Crippen molar-refractivity contribution in [3.8, 4) is 0 Å². The fourth-order valence-electron chi connectivity index (χ4n) is 1.35. The molecular weight excluding hydrogens is 160 g/mol. The minimum absolute atomic E-state index is 0.866. The predicted molar refractivity (Wildman–Crippen MR) is 55.4 cm³/mol. The number of para-hydroxylation sites is 2. The van der Waals surface area contributed by atoms with Gasteiger partial charge in [-0.25, -0.2) is 0 Å². The van der Waals surface area contributed by atoms with Crippen LogP contribution in [0.5, 0.6) is 0 Å². The van der Waals surface area contributed by atoms with Crippen LogP contribution in [0.4, 0.5) is 11.4 Å². The van der Waals surface area contributed by atoms with E-state index in [9.17, 15) is 0 Å². The summed E-state index contributed by atoms with van der Waals surface area (Å²) in [5.41, 5.74) is 2.22. The highest BCUT2D eigenvalue weighted by Crippen LogP contribution is 2.30. The van der Waals surface area contributed by atoms with E-state index < -0.39 is 0 Å².